The molecule has 1 saturated heterocycles. The summed E-state index contributed by atoms with van der Waals surface area (Å²) in [5.74, 6) is 0.327. The highest BCUT2D eigenvalue weighted by Gasteiger charge is 2.33. The molecule has 0 spiro atoms. The van der Waals surface area contributed by atoms with Crippen LogP contribution in [0.5, 0.6) is 5.88 Å². The standard InChI is InChI=1S/C17H20N4O2/c1-3-23-16-13(6-4-8-19-16)17(22)21-9-5-7-15(21)14-11-18-10-12(2)20-14/h4,6,8,10-11,15H,3,5,7,9H2,1-2H3/t15-/m0/s1. The molecular weight excluding hydrogens is 292 g/mol. The van der Waals surface area contributed by atoms with Gasteiger partial charge in [-0.3, -0.25) is 14.8 Å². The smallest absolute Gasteiger partial charge is 0.259 e. The lowest BCUT2D eigenvalue weighted by atomic mass is 10.1. The Hall–Kier alpha value is -2.50. The molecule has 2 aromatic rings. The van der Waals surface area contributed by atoms with Crippen molar-refractivity contribution in [3.8, 4) is 5.88 Å². The van der Waals surface area contributed by atoms with Gasteiger partial charge in [0, 0.05) is 18.9 Å². The molecule has 3 rings (SSSR count). The highest BCUT2D eigenvalue weighted by atomic mass is 16.5. The minimum Gasteiger partial charge on any atom is -0.477 e. The first-order valence-electron chi connectivity index (χ1n) is 7.88. The Kier molecular flexibility index (Phi) is 4.50. The molecular formula is C17H20N4O2. The fourth-order valence-electron chi connectivity index (χ4n) is 2.92. The summed E-state index contributed by atoms with van der Waals surface area (Å²) in [6.07, 6.45) is 6.95. The molecule has 0 radical (unpaired) electrons. The van der Waals surface area contributed by atoms with Crippen molar-refractivity contribution in [1.29, 1.82) is 0 Å². The van der Waals surface area contributed by atoms with Crippen molar-refractivity contribution >= 4 is 5.91 Å². The van der Waals surface area contributed by atoms with Crippen molar-refractivity contribution in [2.75, 3.05) is 13.2 Å². The minimum absolute atomic E-state index is 0.0374. The van der Waals surface area contributed by atoms with Crippen molar-refractivity contribution in [3.05, 3.63) is 47.7 Å². The van der Waals surface area contributed by atoms with Crippen LogP contribution in [0, 0.1) is 6.92 Å². The Morgan fingerprint density at radius 1 is 1.43 bits per heavy atom. The van der Waals surface area contributed by atoms with E-state index < -0.39 is 0 Å². The van der Waals surface area contributed by atoms with Gasteiger partial charge in [0.1, 0.15) is 5.56 Å². The molecule has 1 atom stereocenters. The maximum Gasteiger partial charge on any atom is 0.259 e. The quantitative estimate of drug-likeness (QED) is 0.868. The number of carbonyl (C=O) groups excluding carboxylic acids is 1. The third-order valence-electron chi connectivity index (χ3n) is 3.91. The van der Waals surface area contributed by atoms with Crippen LogP contribution in [0.3, 0.4) is 0 Å². The molecule has 0 saturated carbocycles. The molecule has 1 fully saturated rings. The minimum atomic E-state index is -0.0626. The second kappa shape index (κ2) is 6.73. The number of aromatic nitrogens is 3. The van der Waals surface area contributed by atoms with Crippen molar-refractivity contribution < 1.29 is 9.53 Å². The van der Waals surface area contributed by atoms with E-state index in [0.717, 1.165) is 24.2 Å². The van der Waals surface area contributed by atoms with Crippen LogP contribution in [-0.2, 0) is 0 Å². The molecule has 2 aromatic heterocycles. The lowest BCUT2D eigenvalue weighted by molar-refractivity contribution is 0.0727. The van der Waals surface area contributed by atoms with E-state index in [0.29, 0.717) is 24.6 Å². The Labute approximate surface area is 135 Å². The Morgan fingerprint density at radius 3 is 3.09 bits per heavy atom. The summed E-state index contributed by atoms with van der Waals surface area (Å²) >= 11 is 0. The highest BCUT2D eigenvalue weighted by Crippen LogP contribution is 2.33. The van der Waals surface area contributed by atoms with Gasteiger partial charge in [-0.1, -0.05) is 0 Å². The van der Waals surface area contributed by atoms with Crippen LogP contribution in [0.2, 0.25) is 0 Å². The average molecular weight is 312 g/mol. The third kappa shape index (κ3) is 3.16. The van der Waals surface area contributed by atoms with E-state index in [1.807, 2.05) is 18.7 Å². The Balaban J connectivity index is 1.89. The molecule has 1 aliphatic heterocycles. The zero-order valence-electron chi connectivity index (χ0n) is 13.4. The fourth-order valence-corrected chi connectivity index (χ4v) is 2.92. The van der Waals surface area contributed by atoms with Crippen LogP contribution in [0.1, 0.15) is 47.6 Å². The SMILES string of the molecule is CCOc1ncccc1C(=O)N1CCC[C@H]1c1cncc(C)n1. The van der Waals surface area contributed by atoms with Gasteiger partial charge in [-0.25, -0.2) is 4.98 Å². The van der Waals surface area contributed by atoms with Crippen molar-refractivity contribution in [1.82, 2.24) is 19.9 Å². The summed E-state index contributed by atoms with van der Waals surface area (Å²) in [6, 6.07) is 3.48. The van der Waals surface area contributed by atoms with Gasteiger partial charge in [0.05, 0.1) is 30.2 Å². The van der Waals surface area contributed by atoms with Crippen LogP contribution in [0.25, 0.3) is 0 Å². The molecule has 23 heavy (non-hydrogen) atoms. The molecule has 0 bridgehead atoms. The van der Waals surface area contributed by atoms with Gasteiger partial charge in [0.25, 0.3) is 5.91 Å². The molecule has 0 aromatic carbocycles. The summed E-state index contributed by atoms with van der Waals surface area (Å²) in [5.41, 5.74) is 2.21. The Morgan fingerprint density at radius 2 is 2.30 bits per heavy atom. The van der Waals surface area contributed by atoms with Crippen molar-refractivity contribution in [3.63, 3.8) is 0 Å². The topological polar surface area (TPSA) is 68.2 Å². The summed E-state index contributed by atoms with van der Waals surface area (Å²) in [4.78, 5) is 27.7. The van der Waals surface area contributed by atoms with E-state index in [9.17, 15) is 4.79 Å². The van der Waals surface area contributed by atoms with E-state index >= 15 is 0 Å². The van der Waals surface area contributed by atoms with Gasteiger partial charge in [-0.2, -0.15) is 0 Å². The summed E-state index contributed by atoms with van der Waals surface area (Å²) in [6.45, 7) is 4.97. The normalized spacial score (nSPS) is 17.3. The van der Waals surface area contributed by atoms with Gasteiger partial charge in [-0.05, 0) is 38.8 Å². The van der Waals surface area contributed by atoms with Gasteiger partial charge >= 0.3 is 0 Å². The number of hydrogen-bond donors (Lipinski definition) is 0. The van der Waals surface area contributed by atoms with Crippen molar-refractivity contribution in [2.45, 2.75) is 32.7 Å². The van der Waals surface area contributed by atoms with E-state index in [2.05, 4.69) is 15.0 Å². The zero-order valence-corrected chi connectivity index (χ0v) is 13.4. The van der Waals surface area contributed by atoms with Gasteiger partial charge in [-0.15, -0.1) is 0 Å². The number of aryl methyl sites for hydroxylation is 1. The first-order chi connectivity index (χ1) is 11.2. The van der Waals surface area contributed by atoms with Crippen molar-refractivity contribution in [2.24, 2.45) is 0 Å². The van der Waals surface area contributed by atoms with E-state index in [4.69, 9.17) is 4.74 Å². The number of nitrogens with zero attached hydrogens (tertiary/aromatic N) is 4. The van der Waals surface area contributed by atoms with E-state index in [1.165, 1.54) is 0 Å². The molecule has 3 heterocycles. The number of carbonyl (C=O) groups is 1. The number of pyridine rings is 1. The highest BCUT2D eigenvalue weighted by molar-refractivity contribution is 5.96. The maximum atomic E-state index is 13.0. The summed E-state index contributed by atoms with van der Waals surface area (Å²) < 4.78 is 5.49. The number of hydrogen-bond acceptors (Lipinski definition) is 5. The van der Waals surface area contributed by atoms with Crippen LogP contribution >= 0.6 is 0 Å². The number of rotatable bonds is 4. The largest absolute Gasteiger partial charge is 0.477 e. The zero-order chi connectivity index (χ0) is 16.2. The number of likely N-dealkylation sites (tertiary alicyclic amines) is 1. The summed E-state index contributed by atoms with van der Waals surface area (Å²) in [5, 5.41) is 0. The average Bonchev–Trinajstić information content (AvgIpc) is 3.05. The maximum absolute atomic E-state index is 13.0. The molecule has 1 aliphatic rings. The Bertz CT molecular complexity index is 704. The second-order valence-corrected chi connectivity index (χ2v) is 5.53. The predicted molar refractivity (Wildman–Crippen MR) is 85.2 cm³/mol. The molecule has 0 unspecified atom stereocenters. The third-order valence-corrected chi connectivity index (χ3v) is 3.91. The van der Waals surface area contributed by atoms with Gasteiger partial charge < -0.3 is 9.64 Å². The number of ether oxygens (including phenoxy) is 1. The molecule has 6 nitrogen and oxygen atoms in total. The van der Waals surface area contributed by atoms with Crippen LogP contribution in [0.4, 0.5) is 0 Å². The van der Waals surface area contributed by atoms with E-state index in [1.54, 1.807) is 30.7 Å². The van der Waals surface area contributed by atoms with Gasteiger partial charge in [0.15, 0.2) is 0 Å². The second-order valence-electron chi connectivity index (χ2n) is 5.53. The molecule has 120 valence electrons. The summed E-state index contributed by atoms with van der Waals surface area (Å²) in [7, 11) is 0. The molecule has 1 amide bonds. The number of amides is 1. The first-order valence-corrected chi connectivity index (χ1v) is 7.88. The molecule has 0 N–H and O–H groups in total. The lowest BCUT2D eigenvalue weighted by Gasteiger charge is -2.24. The lowest BCUT2D eigenvalue weighted by Crippen LogP contribution is -2.31. The monoisotopic (exact) mass is 312 g/mol. The fraction of sp³-hybridized carbons (Fsp3) is 0.412. The van der Waals surface area contributed by atoms with Crippen LogP contribution < -0.4 is 4.74 Å². The molecule has 6 heteroatoms. The predicted octanol–water partition coefficient (Wildman–Crippen LogP) is 2.56. The van der Waals surface area contributed by atoms with Crippen LogP contribution in [-0.4, -0.2) is 38.9 Å². The van der Waals surface area contributed by atoms with Gasteiger partial charge in [0.2, 0.25) is 5.88 Å². The molecule has 0 aliphatic carbocycles. The van der Waals surface area contributed by atoms with E-state index in [-0.39, 0.29) is 11.9 Å². The van der Waals surface area contributed by atoms with Crippen LogP contribution in [0.15, 0.2) is 30.7 Å². The first kappa shape index (κ1) is 15.4.